The summed E-state index contributed by atoms with van der Waals surface area (Å²) in [6.07, 6.45) is 3.51. The molecule has 1 aromatic carbocycles. The van der Waals surface area contributed by atoms with E-state index in [1.165, 1.54) is 36.3 Å². The van der Waals surface area contributed by atoms with E-state index < -0.39 is 0 Å². The average Bonchev–Trinajstić information content (AvgIpc) is 2.48. The van der Waals surface area contributed by atoms with Gasteiger partial charge in [-0.15, -0.1) is 0 Å². The number of quaternary nitrogens is 1. The molecule has 1 fully saturated rings. The van der Waals surface area contributed by atoms with Gasteiger partial charge in [0.25, 0.3) is 0 Å². The summed E-state index contributed by atoms with van der Waals surface area (Å²) in [7, 11) is 0. The van der Waals surface area contributed by atoms with E-state index in [0.29, 0.717) is 18.6 Å². The molecule has 2 N–H and O–H groups in total. The zero-order valence-electron chi connectivity index (χ0n) is 13.6. The number of likely N-dealkylation sites (tertiary alicyclic amines) is 1. The molecule has 3 heteroatoms. The minimum absolute atomic E-state index is 0.384. The van der Waals surface area contributed by atoms with Crippen molar-refractivity contribution in [2.45, 2.75) is 58.1 Å². The third-order valence-corrected chi connectivity index (χ3v) is 4.57. The molecule has 0 bridgehead atoms. The van der Waals surface area contributed by atoms with Gasteiger partial charge in [-0.1, -0.05) is 26.0 Å². The van der Waals surface area contributed by atoms with E-state index in [2.05, 4.69) is 32.9 Å². The summed E-state index contributed by atoms with van der Waals surface area (Å²) >= 11 is 0. The number of piperidine rings is 1. The first-order valence-corrected chi connectivity index (χ1v) is 8.31. The first-order valence-electron chi connectivity index (χ1n) is 8.31. The van der Waals surface area contributed by atoms with E-state index in [4.69, 9.17) is 4.74 Å². The van der Waals surface area contributed by atoms with Crippen molar-refractivity contribution in [2.24, 2.45) is 0 Å². The molecule has 1 heterocycles. The largest absolute Gasteiger partial charge is 0.491 e. The highest BCUT2D eigenvalue weighted by atomic mass is 16.5. The minimum atomic E-state index is -0.384. The Balaban J connectivity index is 1.76. The molecule has 118 valence electrons. The van der Waals surface area contributed by atoms with Crippen LogP contribution in [0.3, 0.4) is 0 Å². The van der Waals surface area contributed by atoms with Crippen molar-refractivity contribution in [1.82, 2.24) is 0 Å². The van der Waals surface area contributed by atoms with E-state index in [-0.39, 0.29) is 6.10 Å². The van der Waals surface area contributed by atoms with Crippen LogP contribution < -0.4 is 9.64 Å². The molecule has 0 aliphatic carbocycles. The highest BCUT2D eigenvalue weighted by molar-refractivity contribution is 5.28. The second-order valence-electron chi connectivity index (χ2n) is 6.70. The van der Waals surface area contributed by atoms with E-state index in [1.807, 2.05) is 12.1 Å². The second-order valence-corrected chi connectivity index (χ2v) is 6.70. The number of nitrogens with one attached hydrogen (secondary N) is 1. The number of aliphatic hydroxyl groups is 1. The van der Waals surface area contributed by atoms with Gasteiger partial charge in [-0.2, -0.15) is 0 Å². The molecule has 0 aromatic heterocycles. The van der Waals surface area contributed by atoms with Crippen LogP contribution in [0.15, 0.2) is 24.3 Å². The molecule has 1 aromatic rings. The van der Waals surface area contributed by atoms with Gasteiger partial charge in [-0.3, -0.25) is 0 Å². The molecule has 3 atom stereocenters. The third-order valence-electron chi connectivity index (χ3n) is 4.57. The van der Waals surface area contributed by atoms with Gasteiger partial charge in [0.15, 0.2) is 0 Å². The molecule has 1 saturated heterocycles. The van der Waals surface area contributed by atoms with Crippen molar-refractivity contribution >= 4 is 0 Å². The Morgan fingerprint density at radius 1 is 1.24 bits per heavy atom. The van der Waals surface area contributed by atoms with Gasteiger partial charge >= 0.3 is 0 Å². The Morgan fingerprint density at radius 2 is 1.95 bits per heavy atom. The molecule has 0 amide bonds. The zero-order chi connectivity index (χ0) is 15.2. The second kappa shape index (κ2) is 7.81. The van der Waals surface area contributed by atoms with E-state index in [1.54, 1.807) is 0 Å². The number of aliphatic hydroxyl groups excluding tert-OH is 1. The highest BCUT2D eigenvalue weighted by Crippen LogP contribution is 2.18. The maximum atomic E-state index is 10.2. The van der Waals surface area contributed by atoms with Gasteiger partial charge in [0, 0.05) is 0 Å². The van der Waals surface area contributed by atoms with Crippen LogP contribution in [0, 0.1) is 0 Å². The third kappa shape index (κ3) is 5.01. The standard InChI is InChI=1S/C18H29NO2/c1-14(2)16-7-9-18(10-8-16)21-13-17(20)12-19-11-5-4-6-15(19)3/h7-10,14-15,17,20H,4-6,11-13H2,1-3H3/p+1/t15-,17+/m1/s1. The van der Waals surface area contributed by atoms with Crippen LogP contribution in [0.1, 0.15) is 51.5 Å². The molecule has 21 heavy (non-hydrogen) atoms. The maximum Gasteiger partial charge on any atom is 0.137 e. The topological polar surface area (TPSA) is 33.9 Å². The first kappa shape index (κ1) is 16.3. The molecule has 1 aliphatic heterocycles. The van der Waals surface area contributed by atoms with Gasteiger partial charge < -0.3 is 14.7 Å². The van der Waals surface area contributed by atoms with Crippen LogP contribution in [0.2, 0.25) is 0 Å². The number of hydrogen-bond acceptors (Lipinski definition) is 2. The molecule has 0 saturated carbocycles. The van der Waals surface area contributed by atoms with Crippen molar-refractivity contribution in [3.05, 3.63) is 29.8 Å². The minimum Gasteiger partial charge on any atom is -0.491 e. The molecular formula is C18H30NO2+. The van der Waals surface area contributed by atoms with Crippen LogP contribution in [-0.4, -0.2) is 36.9 Å². The predicted molar refractivity (Wildman–Crippen MR) is 86.0 cm³/mol. The van der Waals surface area contributed by atoms with Gasteiger partial charge in [-0.05, 0) is 49.8 Å². The predicted octanol–water partition coefficient (Wildman–Crippen LogP) is 2.01. The Morgan fingerprint density at radius 3 is 2.57 bits per heavy atom. The number of rotatable bonds is 6. The Kier molecular flexibility index (Phi) is 6.07. The molecule has 0 radical (unpaired) electrons. The summed E-state index contributed by atoms with van der Waals surface area (Å²) in [5.74, 6) is 1.38. The lowest BCUT2D eigenvalue weighted by Crippen LogP contribution is -3.17. The van der Waals surface area contributed by atoms with Crippen LogP contribution in [0.5, 0.6) is 5.75 Å². The summed E-state index contributed by atoms with van der Waals surface area (Å²) in [6.45, 7) is 9.01. The van der Waals surface area contributed by atoms with Gasteiger partial charge in [-0.25, -0.2) is 0 Å². The summed E-state index contributed by atoms with van der Waals surface area (Å²) in [5.41, 5.74) is 1.31. The van der Waals surface area contributed by atoms with Crippen molar-refractivity contribution in [2.75, 3.05) is 19.7 Å². The maximum absolute atomic E-state index is 10.2. The average molecular weight is 292 g/mol. The van der Waals surface area contributed by atoms with Crippen molar-refractivity contribution in [3.8, 4) is 5.75 Å². The van der Waals surface area contributed by atoms with E-state index in [9.17, 15) is 5.11 Å². The van der Waals surface area contributed by atoms with Gasteiger partial charge in [0.1, 0.15) is 25.0 Å². The quantitative estimate of drug-likeness (QED) is 0.841. The lowest BCUT2D eigenvalue weighted by Gasteiger charge is -2.31. The van der Waals surface area contributed by atoms with Gasteiger partial charge in [0.2, 0.25) is 0 Å². The Bertz CT molecular complexity index is 416. The fourth-order valence-electron chi connectivity index (χ4n) is 3.06. The van der Waals surface area contributed by atoms with E-state index >= 15 is 0 Å². The number of benzene rings is 1. The van der Waals surface area contributed by atoms with Crippen LogP contribution in [-0.2, 0) is 0 Å². The van der Waals surface area contributed by atoms with Crippen molar-refractivity contribution in [1.29, 1.82) is 0 Å². The summed E-state index contributed by atoms with van der Waals surface area (Å²) in [4.78, 5) is 1.52. The van der Waals surface area contributed by atoms with Crippen LogP contribution in [0.25, 0.3) is 0 Å². The first-order chi connectivity index (χ1) is 10.1. The summed E-state index contributed by atoms with van der Waals surface area (Å²) in [6, 6.07) is 8.87. The van der Waals surface area contributed by atoms with Crippen LogP contribution in [0.4, 0.5) is 0 Å². The lowest BCUT2D eigenvalue weighted by atomic mass is 10.0. The zero-order valence-corrected chi connectivity index (χ0v) is 13.6. The SMILES string of the molecule is CC(C)c1ccc(OC[C@@H](O)C[NH+]2CCCC[C@H]2C)cc1. The lowest BCUT2D eigenvalue weighted by molar-refractivity contribution is -0.931. The van der Waals surface area contributed by atoms with Gasteiger partial charge in [0.05, 0.1) is 12.6 Å². The normalized spacial score (nSPS) is 24.0. The smallest absolute Gasteiger partial charge is 0.137 e. The molecule has 0 spiro atoms. The van der Waals surface area contributed by atoms with Crippen LogP contribution >= 0.6 is 0 Å². The number of hydrogen-bond donors (Lipinski definition) is 2. The Labute approximate surface area is 128 Å². The fourth-order valence-corrected chi connectivity index (χ4v) is 3.06. The Hall–Kier alpha value is -1.06. The molecule has 3 nitrogen and oxygen atoms in total. The summed E-state index contributed by atoms with van der Waals surface area (Å²) in [5, 5.41) is 10.2. The monoisotopic (exact) mass is 292 g/mol. The molecule has 1 unspecified atom stereocenters. The highest BCUT2D eigenvalue weighted by Gasteiger charge is 2.24. The van der Waals surface area contributed by atoms with E-state index in [0.717, 1.165) is 12.3 Å². The molecule has 2 rings (SSSR count). The molecular weight excluding hydrogens is 262 g/mol. The van der Waals surface area contributed by atoms with Crippen molar-refractivity contribution in [3.63, 3.8) is 0 Å². The molecule has 1 aliphatic rings. The fraction of sp³-hybridized carbons (Fsp3) is 0.667. The number of ether oxygens (including phenoxy) is 1. The summed E-state index contributed by atoms with van der Waals surface area (Å²) < 4.78 is 5.72. The van der Waals surface area contributed by atoms with Crippen molar-refractivity contribution < 1.29 is 14.7 Å².